The van der Waals surface area contributed by atoms with E-state index in [1.807, 2.05) is 6.07 Å². The molecule has 3 aromatic rings. The third kappa shape index (κ3) is 3.45. The molecule has 1 amide bonds. The van der Waals surface area contributed by atoms with Gasteiger partial charge in [-0.2, -0.15) is 10.4 Å². The number of nitriles is 1. The van der Waals surface area contributed by atoms with E-state index in [0.29, 0.717) is 16.9 Å². The Labute approximate surface area is 159 Å². The maximum atomic E-state index is 12.1. The largest absolute Gasteiger partial charge is 0.480 e. The van der Waals surface area contributed by atoms with Crippen molar-refractivity contribution in [1.29, 1.82) is 5.26 Å². The van der Waals surface area contributed by atoms with Crippen molar-refractivity contribution in [2.75, 3.05) is 12.4 Å². The van der Waals surface area contributed by atoms with Crippen LogP contribution < -0.4 is 10.1 Å². The van der Waals surface area contributed by atoms with E-state index < -0.39 is 17.3 Å². The molecule has 0 bridgehead atoms. The molecular formula is C18H16N6O4. The van der Waals surface area contributed by atoms with Gasteiger partial charge in [0.25, 0.3) is 0 Å². The van der Waals surface area contributed by atoms with Crippen molar-refractivity contribution in [2.45, 2.75) is 13.8 Å². The molecular weight excluding hydrogens is 364 g/mol. The molecule has 0 saturated carbocycles. The highest BCUT2D eigenvalue weighted by Crippen LogP contribution is 2.24. The Bertz CT molecular complexity index is 1130. The van der Waals surface area contributed by atoms with Crippen LogP contribution in [0.5, 0.6) is 5.88 Å². The standard InChI is InChI=1S/C18H16N6O4/c1-18(2,9-19)17(27)22-13-8-24-14(21-13)5-4-12(23-24)10-6-11(16(25)26)15(28-3)20-7-10/h4-8H,1-3H3,(H,22,27)(H,25,26). The number of fused-ring (bicyclic) bond motifs is 1. The number of aromatic carboxylic acids is 1. The molecule has 142 valence electrons. The number of nitrogens with one attached hydrogen (secondary N) is 1. The second-order valence-corrected chi connectivity index (χ2v) is 6.42. The van der Waals surface area contributed by atoms with Crippen LogP contribution in [0.25, 0.3) is 16.9 Å². The van der Waals surface area contributed by atoms with E-state index in [9.17, 15) is 14.7 Å². The number of anilines is 1. The Hall–Kier alpha value is -4.00. The molecule has 0 aliphatic carbocycles. The highest BCUT2D eigenvalue weighted by molar-refractivity contribution is 5.96. The molecule has 0 saturated heterocycles. The van der Waals surface area contributed by atoms with Gasteiger partial charge in [-0.05, 0) is 32.0 Å². The number of imidazole rings is 1. The first-order valence-corrected chi connectivity index (χ1v) is 8.12. The van der Waals surface area contributed by atoms with Crippen LogP contribution in [-0.2, 0) is 4.79 Å². The van der Waals surface area contributed by atoms with Crippen LogP contribution in [0.1, 0.15) is 24.2 Å². The first-order chi connectivity index (χ1) is 13.2. The molecule has 0 atom stereocenters. The van der Waals surface area contributed by atoms with Crippen LogP contribution in [0, 0.1) is 16.7 Å². The van der Waals surface area contributed by atoms with Crippen molar-refractivity contribution >= 4 is 23.3 Å². The number of rotatable bonds is 5. The summed E-state index contributed by atoms with van der Waals surface area (Å²) in [5.41, 5.74) is 0.117. The predicted octanol–water partition coefficient (Wildman–Crippen LogP) is 1.99. The number of carboxylic acids is 1. The molecule has 0 aliphatic heterocycles. The van der Waals surface area contributed by atoms with Gasteiger partial charge in [0.1, 0.15) is 11.0 Å². The van der Waals surface area contributed by atoms with Gasteiger partial charge < -0.3 is 15.2 Å². The summed E-state index contributed by atoms with van der Waals surface area (Å²) in [6.45, 7) is 3.01. The Kier molecular flexibility index (Phi) is 4.67. The van der Waals surface area contributed by atoms with E-state index in [-0.39, 0.29) is 17.3 Å². The highest BCUT2D eigenvalue weighted by atomic mass is 16.5. The van der Waals surface area contributed by atoms with Crippen molar-refractivity contribution in [1.82, 2.24) is 19.6 Å². The summed E-state index contributed by atoms with van der Waals surface area (Å²) < 4.78 is 6.39. The second-order valence-electron chi connectivity index (χ2n) is 6.42. The summed E-state index contributed by atoms with van der Waals surface area (Å²) >= 11 is 0. The number of nitrogens with zero attached hydrogens (tertiary/aromatic N) is 5. The van der Waals surface area contributed by atoms with Crippen LogP contribution >= 0.6 is 0 Å². The molecule has 0 unspecified atom stereocenters. The Balaban J connectivity index is 1.96. The normalized spacial score (nSPS) is 11.1. The highest BCUT2D eigenvalue weighted by Gasteiger charge is 2.28. The van der Waals surface area contributed by atoms with Crippen molar-refractivity contribution in [3.63, 3.8) is 0 Å². The summed E-state index contributed by atoms with van der Waals surface area (Å²) in [5, 5.41) is 25.3. The zero-order valence-electron chi connectivity index (χ0n) is 15.3. The van der Waals surface area contributed by atoms with Crippen molar-refractivity contribution in [3.8, 4) is 23.2 Å². The molecule has 0 radical (unpaired) electrons. The molecule has 10 nitrogen and oxygen atoms in total. The number of hydrogen-bond acceptors (Lipinski definition) is 7. The SMILES string of the molecule is COc1ncc(-c2ccc3nc(NC(=O)C(C)(C)C#N)cn3n2)cc1C(=O)O. The third-order valence-electron chi connectivity index (χ3n) is 3.98. The van der Waals surface area contributed by atoms with E-state index in [4.69, 9.17) is 10.00 Å². The zero-order valence-corrected chi connectivity index (χ0v) is 15.3. The van der Waals surface area contributed by atoms with Gasteiger partial charge in [0, 0.05) is 11.8 Å². The first kappa shape index (κ1) is 18.8. The number of hydrogen-bond donors (Lipinski definition) is 2. The van der Waals surface area contributed by atoms with Crippen LogP contribution in [0.15, 0.2) is 30.6 Å². The molecule has 0 aromatic carbocycles. The van der Waals surface area contributed by atoms with Crippen LogP contribution in [0.4, 0.5) is 5.82 Å². The number of methoxy groups -OCH3 is 1. The maximum Gasteiger partial charge on any atom is 0.341 e. The molecule has 10 heteroatoms. The van der Waals surface area contributed by atoms with E-state index >= 15 is 0 Å². The second kappa shape index (κ2) is 6.96. The molecule has 3 rings (SSSR count). The lowest BCUT2D eigenvalue weighted by molar-refractivity contribution is -0.121. The van der Waals surface area contributed by atoms with Gasteiger partial charge in [0.2, 0.25) is 11.8 Å². The van der Waals surface area contributed by atoms with Gasteiger partial charge in [-0.1, -0.05) is 0 Å². The molecule has 2 N–H and O–H groups in total. The summed E-state index contributed by atoms with van der Waals surface area (Å²) in [7, 11) is 1.34. The number of carboxylic acid groups (broad SMARTS) is 1. The minimum Gasteiger partial charge on any atom is -0.480 e. The Morgan fingerprint density at radius 2 is 2.11 bits per heavy atom. The van der Waals surface area contributed by atoms with Crippen molar-refractivity contribution < 1.29 is 19.4 Å². The quantitative estimate of drug-likeness (QED) is 0.684. The minimum absolute atomic E-state index is 0.00469. The lowest BCUT2D eigenvalue weighted by Crippen LogP contribution is -2.29. The van der Waals surface area contributed by atoms with E-state index in [0.717, 1.165) is 0 Å². The summed E-state index contributed by atoms with van der Waals surface area (Å²) in [6, 6.07) is 6.66. The minimum atomic E-state index is -1.20. The summed E-state index contributed by atoms with van der Waals surface area (Å²) in [5.74, 6) is -1.40. The van der Waals surface area contributed by atoms with Gasteiger partial charge in [0.05, 0.1) is 25.1 Å². The van der Waals surface area contributed by atoms with E-state index in [1.54, 1.807) is 12.1 Å². The molecule has 3 aromatic heterocycles. The monoisotopic (exact) mass is 380 g/mol. The maximum absolute atomic E-state index is 12.1. The summed E-state index contributed by atoms with van der Waals surface area (Å²) in [4.78, 5) is 31.7. The fraction of sp³-hybridized carbons (Fsp3) is 0.222. The fourth-order valence-electron chi connectivity index (χ4n) is 2.33. The molecule has 28 heavy (non-hydrogen) atoms. The van der Waals surface area contributed by atoms with Gasteiger partial charge in [0.15, 0.2) is 11.5 Å². The first-order valence-electron chi connectivity index (χ1n) is 8.12. The lowest BCUT2D eigenvalue weighted by atomic mass is 9.95. The van der Waals surface area contributed by atoms with Gasteiger partial charge in [-0.15, -0.1) is 0 Å². The van der Waals surface area contributed by atoms with Crippen LogP contribution in [0.3, 0.4) is 0 Å². The third-order valence-corrected chi connectivity index (χ3v) is 3.98. The summed E-state index contributed by atoms with van der Waals surface area (Å²) in [6.07, 6.45) is 2.95. The molecule has 0 spiro atoms. The van der Waals surface area contributed by atoms with E-state index in [2.05, 4.69) is 20.4 Å². The average molecular weight is 380 g/mol. The molecule has 0 fully saturated rings. The van der Waals surface area contributed by atoms with Crippen molar-refractivity contribution in [2.24, 2.45) is 5.41 Å². The zero-order chi connectivity index (χ0) is 20.5. The molecule has 0 aliphatic rings. The van der Waals surface area contributed by atoms with Crippen molar-refractivity contribution in [3.05, 3.63) is 36.2 Å². The predicted molar refractivity (Wildman–Crippen MR) is 97.8 cm³/mol. The number of carbonyl (C=O) groups excluding carboxylic acids is 1. The lowest BCUT2D eigenvalue weighted by Gasteiger charge is -2.12. The fourth-order valence-corrected chi connectivity index (χ4v) is 2.33. The van der Waals surface area contributed by atoms with Crippen LogP contribution in [0.2, 0.25) is 0 Å². The smallest absolute Gasteiger partial charge is 0.341 e. The number of ether oxygens (including phenoxy) is 1. The van der Waals surface area contributed by atoms with Gasteiger partial charge in [-0.3, -0.25) is 4.79 Å². The topological polar surface area (TPSA) is 142 Å². The Morgan fingerprint density at radius 1 is 1.36 bits per heavy atom. The number of pyridine rings is 1. The van der Waals surface area contributed by atoms with E-state index in [1.165, 1.54) is 43.9 Å². The molecule has 3 heterocycles. The Morgan fingerprint density at radius 3 is 2.75 bits per heavy atom. The van der Waals surface area contributed by atoms with Gasteiger partial charge in [-0.25, -0.2) is 19.3 Å². The number of amides is 1. The number of aromatic nitrogens is 4. The average Bonchev–Trinajstić information content (AvgIpc) is 3.08. The van der Waals surface area contributed by atoms with Gasteiger partial charge >= 0.3 is 5.97 Å². The van der Waals surface area contributed by atoms with Crippen LogP contribution in [-0.4, -0.2) is 43.7 Å². The number of carbonyl (C=O) groups is 2.